The average Bonchev–Trinajstić information content (AvgIpc) is 3.83. The molecule has 0 atom stereocenters. The summed E-state index contributed by atoms with van der Waals surface area (Å²) in [6.07, 6.45) is 10.5. The molecule has 0 amide bonds. The molecule has 8 rings (SSSR count). The smallest absolute Gasteiger partial charge is 0.264 e. The van der Waals surface area contributed by atoms with Crippen LogP contribution in [0, 0.1) is 0 Å². The molecule has 334 valence electrons. The van der Waals surface area contributed by atoms with Crippen LogP contribution >= 0.6 is 0 Å². The Bertz CT molecular complexity index is 3180. The summed E-state index contributed by atoms with van der Waals surface area (Å²) in [6.45, 7) is 9.65. The Morgan fingerprint density at radius 3 is 1.88 bits per heavy atom. The Morgan fingerprint density at radius 2 is 1.22 bits per heavy atom. The van der Waals surface area contributed by atoms with Crippen LogP contribution in [-0.2, 0) is 40.9 Å². The molecule has 0 aromatic heterocycles. The van der Waals surface area contributed by atoms with Gasteiger partial charge in [-0.05, 0) is 115 Å². The van der Waals surface area contributed by atoms with Gasteiger partial charge in [0.15, 0.2) is 5.71 Å². The third kappa shape index (κ3) is 8.80. The van der Waals surface area contributed by atoms with E-state index in [1.54, 1.807) is 30.3 Å². The van der Waals surface area contributed by atoms with Gasteiger partial charge in [0.05, 0.1) is 26.7 Å². The molecule has 0 unspecified atom stereocenters. The third-order valence-corrected chi connectivity index (χ3v) is 16.6. The zero-order valence-corrected chi connectivity index (χ0v) is 39.1. The molecule has 10 nitrogen and oxygen atoms in total. The molecule has 3 aliphatic rings. The Balaban J connectivity index is 1.24. The van der Waals surface area contributed by atoms with Gasteiger partial charge in [0.1, 0.15) is 6.54 Å². The quantitative estimate of drug-likeness (QED) is 0.0594. The van der Waals surface area contributed by atoms with Crippen LogP contribution in [0.25, 0.3) is 21.5 Å². The predicted octanol–water partition coefficient (Wildman–Crippen LogP) is 10.4. The molecule has 2 aliphatic heterocycles. The highest BCUT2D eigenvalue weighted by Gasteiger charge is 2.46. The van der Waals surface area contributed by atoms with E-state index in [9.17, 15) is 34.4 Å². The molecular weight excluding hydrogens is 865 g/mol. The van der Waals surface area contributed by atoms with Gasteiger partial charge in [-0.2, -0.15) is 21.4 Å². The zero-order valence-electron chi connectivity index (χ0n) is 36.7. The fraction of sp³-hybridized carbons (Fsp3) is 0.314. The molecule has 0 spiro atoms. The zero-order chi connectivity index (χ0) is 45.7. The summed E-state index contributed by atoms with van der Waals surface area (Å²) in [5, 5.41) is 4.42. The summed E-state index contributed by atoms with van der Waals surface area (Å²) in [4.78, 5) is 2.67. The highest BCUT2D eigenvalue weighted by molar-refractivity contribution is 7.95. The van der Waals surface area contributed by atoms with Crippen molar-refractivity contribution >= 4 is 68.7 Å². The van der Waals surface area contributed by atoms with Crippen LogP contribution in [0.3, 0.4) is 0 Å². The van der Waals surface area contributed by atoms with Gasteiger partial charge in [-0.1, -0.05) is 98.8 Å². The first-order valence-corrected chi connectivity index (χ1v) is 26.5. The largest absolute Gasteiger partial charge is 0.344 e. The van der Waals surface area contributed by atoms with Crippen molar-refractivity contribution in [2.75, 3.05) is 29.5 Å². The molecule has 0 saturated heterocycles. The van der Waals surface area contributed by atoms with E-state index in [2.05, 4.69) is 85.7 Å². The number of fused-ring (bicyclic) bond motifs is 6. The van der Waals surface area contributed by atoms with Gasteiger partial charge in [0.2, 0.25) is 15.5 Å². The minimum Gasteiger partial charge on any atom is -0.344 e. The van der Waals surface area contributed by atoms with Crippen LogP contribution in [0.1, 0.15) is 77.3 Å². The molecule has 2 N–H and O–H groups in total. The van der Waals surface area contributed by atoms with Crippen molar-refractivity contribution in [3.63, 3.8) is 0 Å². The van der Waals surface area contributed by atoms with Gasteiger partial charge in [-0.3, -0.25) is 9.11 Å². The molecule has 64 heavy (non-hydrogen) atoms. The molecule has 13 heteroatoms. The van der Waals surface area contributed by atoms with E-state index in [-0.39, 0.29) is 34.1 Å². The molecule has 5 aromatic carbocycles. The molecule has 5 aromatic rings. The lowest BCUT2D eigenvalue weighted by Gasteiger charge is -2.27. The van der Waals surface area contributed by atoms with Crippen LogP contribution < -0.4 is 4.90 Å². The third-order valence-electron chi connectivity index (χ3n) is 13.0. The molecule has 0 bridgehead atoms. The maximum atomic E-state index is 14.9. The first-order valence-electron chi connectivity index (χ1n) is 21.8. The SMILES string of the molecule is CC1(C)C(=CC=C2CCC(C=CC3=[N+](CCCCS(=O)(=O)O)c4ccc5ccccc5c4C3(C)C)=C2S(=O)(=O)c2ccccc2)N(CCCCS(=O)(=O)O)c2ccc3ccccc3c21. The van der Waals surface area contributed by atoms with Gasteiger partial charge in [-0.15, -0.1) is 0 Å². The molecule has 0 radical (unpaired) electrons. The summed E-state index contributed by atoms with van der Waals surface area (Å²) in [5.41, 5.74) is 6.57. The van der Waals surface area contributed by atoms with Crippen LogP contribution in [0.2, 0.25) is 0 Å². The van der Waals surface area contributed by atoms with Gasteiger partial charge < -0.3 is 4.90 Å². The maximum absolute atomic E-state index is 14.9. The van der Waals surface area contributed by atoms with Crippen molar-refractivity contribution in [2.45, 2.75) is 81.9 Å². The average molecular weight is 920 g/mol. The maximum Gasteiger partial charge on any atom is 0.264 e. The summed E-state index contributed by atoms with van der Waals surface area (Å²) < 4.78 is 97.3. The Morgan fingerprint density at radius 1 is 0.625 bits per heavy atom. The van der Waals surface area contributed by atoms with Crippen molar-refractivity contribution in [3.8, 4) is 0 Å². The molecular formula is C51H55N2O8S3+. The first-order chi connectivity index (χ1) is 30.3. The van der Waals surface area contributed by atoms with Crippen molar-refractivity contribution in [3.05, 3.63) is 160 Å². The molecule has 2 heterocycles. The Labute approximate surface area is 377 Å². The summed E-state index contributed by atoms with van der Waals surface area (Å²) in [5.74, 6) is -0.658. The topological polar surface area (TPSA) is 149 Å². The fourth-order valence-electron chi connectivity index (χ4n) is 10.1. The second-order valence-electron chi connectivity index (χ2n) is 18.0. The monoisotopic (exact) mass is 919 g/mol. The van der Waals surface area contributed by atoms with E-state index in [0.717, 1.165) is 55.5 Å². The molecule has 0 saturated carbocycles. The number of sulfone groups is 1. The van der Waals surface area contributed by atoms with Gasteiger partial charge in [0.25, 0.3) is 20.2 Å². The van der Waals surface area contributed by atoms with E-state index >= 15 is 0 Å². The highest BCUT2D eigenvalue weighted by atomic mass is 32.2. The molecule has 0 fully saturated rings. The van der Waals surface area contributed by atoms with E-state index in [4.69, 9.17) is 0 Å². The lowest BCUT2D eigenvalue weighted by molar-refractivity contribution is -0.438. The normalized spacial score (nSPS) is 18.7. The van der Waals surface area contributed by atoms with Crippen molar-refractivity contribution in [1.29, 1.82) is 0 Å². The minimum atomic E-state index is -4.11. The van der Waals surface area contributed by atoms with E-state index in [1.165, 1.54) is 0 Å². The number of benzene rings is 5. The molecule has 1 aliphatic carbocycles. The Kier molecular flexibility index (Phi) is 12.3. The van der Waals surface area contributed by atoms with Crippen molar-refractivity contribution in [1.82, 2.24) is 0 Å². The second-order valence-corrected chi connectivity index (χ2v) is 23.1. The predicted molar refractivity (Wildman–Crippen MR) is 258 cm³/mol. The number of hydrogen-bond donors (Lipinski definition) is 2. The van der Waals surface area contributed by atoms with E-state index < -0.39 is 40.9 Å². The number of nitrogens with zero attached hydrogens (tertiary/aromatic N) is 2. The van der Waals surface area contributed by atoms with Crippen LogP contribution in [0.15, 0.2) is 154 Å². The number of allylic oxidation sites excluding steroid dienone is 7. The van der Waals surface area contributed by atoms with Gasteiger partial charge in [-0.25, -0.2) is 8.42 Å². The van der Waals surface area contributed by atoms with Crippen molar-refractivity contribution < 1.29 is 38.9 Å². The number of unbranched alkanes of at least 4 members (excludes halogenated alkanes) is 2. The summed E-state index contributed by atoms with van der Waals surface area (Å²) >= 11 is 0. The Hall–Kier alpha value is -5.18. The van der Waals surface area contributed by atoms with E-state index in [1.807, 2.05) is 48.6 Å². The lowest BCUT2D eigenvalue weighted by atomic mass is 9.79. The minimum absolute atomic E-state index is 0.199. The standard InChI is InChI=1S/C51H54N2O8S3/c1-50(2)45(52(32-12-14-34-62(54,55)56)43-28-24-36-16-8-10-20-41(36)47(43)50)30-26-38-22-23-39(49(38)64(60,61)40-18-6-5-7-19-40)27-31-46-51(3,4)48-42-21-11-9-17-37(42)25-29-44(48)53(46)33-13-15-35-63(57,58)59/h5-11,16-21,24-31H,12-15,22-23,32-35H2,1-4H3,(H-,54,55,56,57,58,59)/p+1. The fourth-order valence-corrected chi connectivity index (χ4v) is 13.0. The first kappa shape index (κ1) is 45.4. The van der Waals surface area contributed by atoms with Crippen LogP contribution in [0.4, 0.5) is 11.4 Å². The van der Waals surface area contributed by atoms with Crippen molar-refractivity contribution in [2.24, 2.45) is 0 Å². The van der Waals surface area contributed by atoms with Gasteiger partial charge in [0, 0.05) is 47.5 Å². The van der Waals surface area contributed by atoms with E-state index in [0.29, 0.717) is 49.9 Å². The summed E-state index contributed by atoms with van der Waals surface area (Å²) in [7, 11) is -12.2. The van der Waals surface area contributed by atoms with Crippen LogP contribution in [-0.4, -0.2) is 69.2 Å². The highest BCUT2D eigenvalue weighted by Crippen LogP contribution is 2.51. The lowest BCUT2D eigenvalue weighted by Crippen LogP contribution is -2.28. The second kappa shape index (κ2) is 17.3. The number of hydrogen-bond acceptors (Lipinski definition) is 7. The van der Waals surface area contributed by atoms with Gasteiger partial charge >= 0.3 is 0 Å². The van der Waals surface area contributed by atoms with Crippen LogP contribution in [0.5, 0.6) is 0 Å². The number of rotatable bonds is 15. The number of anilines is 1. The summed E-state index contributed by atoms with van der Waals surface area (Å²) in [6, 6.07) is 33.3.